The Morgan fingerprint density at radius 3 is 2.81 bits per heavy atom. The van der Waals surface area contributed by atoms with Crippen molar-refractivity contribution in [2.45, 2.75) is 25.8 Å². The second-order valence-electron chi connectivity index (χ2n) is 8.80. The van der Waals surface area contributed by atoms with E-state index >= 15 is 0 Å². The van der Waals surface area contributed by atoms with Gasteiger partial charge < -0.3 is 29.4 Å². The van der Waals surface area contributed by atoms with Gasteiger partial charge in [-0.25, -0.2) is 4.98 Å². The Balaban J connectivity index is 1.33. The quantitative estimate of drug-likeness (QED) is 0.364. The number of aromatic amines is 2. The maximum Gasteiger partial charge on any atom is 0.276 e. The number of nitrogens with zero attached hydrogens (tertiary/aromatic N) is 7. The molecule has 0 aromatic carbocycles. The number of H-pyrrole nitrogens is 2. The van der Waals surface area contributed by atoms with Gasteiger partial charge >= 0.3 is 0 Å². The summed E-state index contributed by atoms with van der Waals surface area (Å²) in [5, 5.41) is 14.6. The van der Waals surface area contributed by atoms with Crippen molar-refractivity contribution in [1.82, 2.24) is 35.3 Å². The Hall–Kier alpha value is -4.26. The van der Waals surface area contributed by atoms with Gasteiger partial charge in [-0.15, -0.1) is 0 Å². The van der Waals surface area contributed by atoms with Crippen molar-refractivity contribution >= 4 is 23.4 Å². The molecule has 1 unspecified atom stereocenters. The van der Waals surface area contributed by atoms with Crippen LogP contribution in [0, 0.1) is 6.92 Å². The number of hydrogen-bond acceptors (Lipinski definition) is 11. The number of hydrogen-bond donors (Lipinski definition) is 3. The zero-order valence-corrected chi connectivity index (χ0v) is 19.8. The molecule has 2 saturated heterocycles. The Morgan fingerprint density at radius 2 is 2.00 bits per heavy atom. The first kappa shape index (κ1) is 22.2. The molecule has 0 spiro atoms. The minimum absolute atomic E-state index is 0.116. The van der Waals surface area contributed by atoms with E-state index in [2.05, 4.69) is 40.4 Å². The number of ether oxygens (including phenoxy) is 1. The number of morpholine rings is 1. The van der Waals surface area contributed by atoms with E-state index < -0.39 is 0 Å². The smallest absolute Gasteiger partial charge is 0.276 e. The third kappa shape index (κ3) is 4.40. The first-order valence-electron chi connectivity index (χ1n) is 11.9. The molecular weight excluding hydrogens is 464 g/mol. The van der Waals surface area contributed by atoms with Gasteiger partial charge in [0.05, 0.1) is 19.3 Å². The van der Waals surface area contributed by atoms with Crippen molar-refractivity contribution in [3.8, 4) is 11.4 Å². The van der Waals surface area contributed by atoms with Crippen molar-refractivity contribution in [2.75, 3.05) is 48.0 Å². The molecule has 0 amide bonds. The lowest BCUT2D eigenvalue weighted by Crippen LogP contribution is -2.37. The molecule has 36 heavy (non-hydrogen) atoms. The molecule has 13 nitrogen and oxygen atoms in total. The molecule has 4 aromatic rings. The molecule has 0 radical (unpaired) electrons. The van der Waals surface area contributed by atoms with Crippen LogP contribution in [0.1, 0.15) is 30.3 Å². The molecule has 2 aliphatic heterocycles. The van der Waals surface area contributed by atoms with E-state index in [-0.39, 0.29) is 17.3 Å². The summed E-state index contributed by atoms with van der Waals surface area (Å²) in [4.78, 5) is 33.0. The number of rotatable bonds is 6. The van der Waals surface area contributed by atoms with E-state index in [1.807, 2.05) is 19.1 Å². The fourth-order valence-corrected chi connectivity index (χ4v) is 4.58. The monoisotopic (exact) mass is 490 g/mol. The highest BCUT2D eigenvalue weighted by molar-refractivity contribution is 5.61. The number of anilines is 4. The molecule has 186 valence electrons. The molecule has 2 aliphatic rings. The van der Waals surface area contributed by atoms with Crippen LogP contribution in [0.4, 0.5) is 23.4 Å². The number of aromatic nitrogens is 7. The average molecular weight is 491 g/mol. The summed E-state index contributed by atoms with van der Waals surface area (Å²) in [6, 6.07) is 5.51. The molecule has 1 atom stereocenters. The topological polar surface area (TPSA) is 154 Å². The van der Waals surface area contributed by atoms with Crippen LogP contribution in [-0.4, -0.2) is 68.1 Å². The maximum absolute atomic E-state index is 12.2. The van der Waals surface area contributed by atoms with E-state index in [1.165, 1.54) is 12.4 Å². The van der Waals surface area contributed by atoms with Gasteiger partial charge in [-0.2, -0.15) is 15.1 Å². The first-order chi connectivity index (χ1) is 17.6. The summed E-state index contributed by atoms with van der Waals surface area (Å²) >= 11 is 0. The molecule has 3 N–H and O–H groups in total. The minimum Gasteiger partial charge on any atom is -0.378 e. The second-order valence-corrected chi connectivity index (χ2v) is 8.80. The van der Waals surface area contributed by atoms with Crippen molar-refractivity contribution in [1.29, 1.82) is 0 Å². The molecule has 0 bridgehead atoms. The standard InChI is InChI=1S/C23H26N10O3/c1-14-11-19(30-29-14)26-18-13-20(32-7-9-35-10-8-32)28-23(27-18)33-6-2-3-16(33)17-12-15(31-36-17)21-22(34)25-5-4-24-21/h4-5,11-13,16H,2-3,6-10H2,1H3,(H,25,34)(H2,26,27,28,29,30). The lowest BCUT2D eigenvalue weighted by Gasteiger charge is -2.30. The van der Waals surface area contributed by atoms with Crippen LogP contribution in [-0.2, 0) is 4.74 Å². The van der Waals surface area contributed by atoms with Gasteiger partial charge in [0, 0.05) is 55.9 Å². The molecule has 2 fully saturated rings. The summed E-state index contributed by atoms with van der Waals surface area (Å²) in [5.41, 5.74) is 1.26. The highest BCUT2D eigenvalue weighted by Crippen LogP contribution is 2.37. The summed E-state index contributed by atoms with van der Waals surface area (Å²) in [7, 11) is 0. The van der Waals surface area contributed by atoms with Gasteiger partial charge in [0.25, 0.3) is 5.56 Å². The van der Waals surface area contributed by atoms with Gasteiger partial charge in [0.2, 0.25) is 5.95 Å². The summed E-state index contributed by atoms with van der Waals surface area (Å²) < 4.78 is 11.2. The fraction of sp³-hybridized carbons (Fsp3) is 0.391. The van der Waals surface area contributed by atoms with Crippen LogP contribution in [0.2, 0.25) is 0 Å². The Labute approximate surface area is 205 Å². The molecule has 13 heteroatoms. The third-order valence-corrected chi connectivity index (χ3v) is 6.31. The third-order valence-electron chi connectivity index (χ3n) is 6.31. The predicted molar refractivity (Wildman–Crippen MR) is 131 cm³/mol. The van der Waals surface area contributed by atoms with E-state index in [0.717, 1.165) is 44.0 Å². The van der Waals surface area contributed by atoms with Crippen LogP contribution in [0.15, 0.2) is 39.9 Å². The Morgan fingerprint density at radius 1 is 1.11 bits per heavy atom. The zero-order chi connectivity index (χ0) is 24.5. The first-order valence-corrected chi connectivity index (χ1v) is 11.9. The van der Waals surface area contributed by atoms with E-state index in [9.17, 15) is 4.79 Å². The minimum atomic E-state index is -0.313. The zero-order valence-electron chi connectivity index (χ0n) is 19.8. The second kappa shape index (κ2) is 9.41. The maximum atomic E-state index is 12.2. The largest absolute Gasteiger partial charge is 0.378 e. The van der Waals surface area contributed by atoms with E-state index in [0.29, 0.717) is 42.3 Å². The normalized spacial score (nSPS) is 18.1. The molecular formula is C23H26N10O3. The van der Waals surface area contributed by atoms with Crippen LogP contribution in [0.25, 0.3) is 11.4 Å². The molecule has 6 heterocycles. The van der Waals surface area contributed by atoms with Gasteiger partial charge in [-0.3, -0.25) is 9.89 Å². The average Bonchev–Trinajstić information content (AvgIpc) is 3.66. The number of nitrogens with one attached hydrogen (secondary N) is 3. The SMILES string of the molecule is Cc1cc(Nc2cc(N3CCOCC3)nc(N3CCCC3c3cc(-c4ncc[nH]c4=O)no3)n2)n[nH]1. The van der Waals surface area contributed by atoms with Gasteiger partial charge in [-0.1, -0.05) is 5.16 Å². The van der Waals surface area contributed by atoms with Crippen molar-refractivity contribution in [3.05, 3.63) is 52.4 Å². The summed E-state index contributed by atoms with van der Waals surface area (Å²) in [6.45, 7) is 5.53. The van der Waals surface area contributed by atoms with Crippen molar-refractivity contribution < 1.29 is 9.26 Å². The van der Waals surface area contributed by atoms with Gasteiger partial charge in [0.1, 0.15) is 17.3 Å². The van der Waals surface area contributed by atoms with Crippen molar-refractivity contribution in [2.24, 2.45) is 0 Å². The summed E-state index contributed by atoms with van der Waals surface area (Å²) in [6.07, 6.45) is 4.80. The lowest BCUT2D eigenvalue weighted by atomic mass is 10.1. The van der Waals surface area contributed by atoms with Crippen LogP contribution in [0.5, 0.6) is 0 Å². The van der Waals surface area contributed by atoms with E-state index in [4.69, 9.17) is 19.2 Å². The molecule has 0 aliphatic carbocycles. The van der Waals surface area contributed by atoms with Crippen LogP contribution >= 0.6 is 0 Å². The predicted octanol–water partition coefficient (Wildman–Crippen LogP) is 2.17. The van der Waals surface area contributed by atoms with Gasteiger partial charge in [-0.05, 0) is 19.8 Å². The highest BCUT2D eigenvalue weighted by Gasteiger charge is 2.32. The van der Waals surface area contributed by atoms with Gasteiger partial charge in [0.15, 0.2) is 17.3 Å². The molecule has 6 rings (SSSR count). The lowest BCUT2D eigenvalue weighted by molar-refractivity contribution is 0.122. The van der Waals surface area contributed by atoms with Crippen LogP contribution < -0.4 is 20.7 Å². The van der Waals surface area contributed by atoms with Crippen molar-refractivity contribution in [3.63, 3.8) is 0 Å². The van der Waals surface area contributed by atoms with E-state index in [1.54, 1.807) is 6.07 Å². The Bertz CT molecular complexity index is 1410. The molecule has 0 saturated carbocycles. The summed E-state index contributed by atoms with van der Waals surface area (Å²) in [5.74, 6) is 3.39. The molecule has 4 aromatic heterocycles. The Kier molecular flexibility index (Phi) is 5.81. The van der Waals surface area contributed by atoms with Crippen LogP contribution in [0.3, 0.4) is 0 Å². The fourth-order valence-electron chi connectivity index (χ4n) is 4.58. The highest BCUT2D eigenvalue weighted by atomic mass is 16.5. The number of aryl methyl sites for hydroxylation is 1.